The molecule has 0 saturated heterocycles. The van der Waals surface area contributed by atoms with Crippen LogP contribution >= 0.6 is 0 Å². The maximum absolute atomic E-state index is 12.9. The Balaban J connectivity index is 1.83. The second kappa shape index (κ2) is 6.58. The Bertz CT molecular complexity index is 973. The van der Waals surface area contributed by atoms with E-state index in [4.69, 9.17) is 9.84 Å². The Kier molecular flexibility index (Phi) is 4.22. The number of hydrogen-bond donors (Lipinski definition) is 1. The number of Topliss-reactive ketones (excluding diaryl/α,β-unsaturated/α-hetero) is 1. The van der Waals surface area contributed by atoms with Crippen molar-refractivity contribution >= 4 is 17.3 Å². The molecule has 4 rings (SSSR count). The molecule has 0 fully saturated rings. The zero-order valence-corrected chi connectivity index (χ0v) is 15.8. The lowest BCUT2D eigenvalue weighted by atomic mass is 9.76. The first-order chi connectivity index (χ1) is 13.0. The zero-order chi connectivity index (χ0) is 19.0. The molecule has 1 aliphatic rings. The van der Waals surface area contributed by atoms with Gasteiger partial charge in [0.05, 0.1) is 24.1 Å². The normalized spacial score (nSPS) is 15.3. The summed E-state index contributed by atoms with van der Waals surface area (Å²) in [7, 11) is 1.65. The summed E-state index contributed by atoms with van der Waals surface area (Å²) >= 11 is 0. The molecular formula is C22H23N3O2. The van der Waals surface area contributed by atoms with E-state index in [0.29, 0.717) is 17.8 Å². The van der Waals surface area contributed by atoms with E-state index in [1.165, 1.54) is 0 Å². The number of nitrogens with zero attached hydrogens (tertiary/aromatic N) is 2. The predicted octanol–water partition coefficient (Wildman–Crippen LogP) is 4.78. The minimum atomic E-state index is -0.0850. The molecule has 0 unspecified atom stereocenters. The molecule has 1 heterocycles. The van der Waals surface area contributed by atoms with E-state index in [9.17, 15) is 4.79 Å². The first-order valence-corrected chi connectivity index (χ1v) is 9.08. The van der Waals surface area contributed by atoms with Gasteiger partial charge in [0.1, 0.15) is 5.75 Å². The average molecular weight is 361 g/mol. The van der Waals surface area contributed by atoms with Gasteiger partial charge in [-0.2, -0.15) is 0 Å². The quantitative estimate of drug-likeness (QED) is 0.727. The average Bonchev–Trinajstić information content (AvgIpc) is 2.99. The van der Waals surface area contributed by atoms with Gasteiger partial charge < -0.3 is 10.1 Å². The molecule has 0 aliphatic heterocycles. The summed E-state index contributed by atoms with van der Waals surface area (Å²) in [6.07, 6.45) is 1.32. The number of benzene rings is 2. The molecular weight excluding hydrogens is 338 g/mol. The fourth-order valence-corrected chi connectivity index (χ4v) is 3.63. The summed E-state index contributed by atoms with van der Waals surface area (Å²) in [4.78, 5) is 12.9. The summed E-state index contributed by atoms with van der Waals surface area (Å²) in [5.41, 5.74) is 3.41. The van der Waals surface area contributed by atoms with Gasteiger partial charge in [0.15, 0.2) is 11.6 Å². The lowest BCUT2D eigenvalue weighted by Gasteiger charge is -2.29. The lowest BCUT2D eigenvalue weighted by Crippen LogP contribution is -2.28. The number of ether oxygens (including phenoxy) is 1. The van der Waals surface area contributed by atoms with Gasteiger partial charge in [-0.3, -0.25) is 4.79 Å². The number of para-hydroxylation sites is 1. The minimum Gasteiger partial charge on any atom is -0.497 e. The number of ketones is 1. The fourth-order valence-electron chi connectivity index (χ4n) is 3.63. The molecule has 0 spiro atoms. The third kappa shape index (κ3) is 3.33. The largest absolute Gasteiger partial charge is 0.497 e. The van der Waals surface area contributed by atoms with Gasteiger partial charge in [-0.05, 0) is 48.2 Å². The monoisotopic (exact) mass is 361 g/mol. The van der Waals surface area contributed by atoms with Crippen LogP contribution in [0.1, 0.15) is 36.3 Å². The molecule has 1 N–H and O–H groups in total. The van der Waals surface area contributed by atoms with Crippen molar-refractivity contribution in [2.75, 3.05) is 12.4 Å². The highest BCUT2D eigenvalue weighted by atomic mass is 16.5. The number of hydrogen-bond acceptors (Lipinski definition) is 4. The Morgan fingerprint density at radius 3 is 2.41 bits per heavy atom. The van der Waals surface area contributed by atoms with Crippen molar-refractivity contribution in [3.8, 4) is 11.4 Å². The number of nitrogens with one attached hydrogen (secondary N) is 1. The number of aromatic nitrogens is 2. The van der Waals surface area contributed by atoms with Crippen molar-refractivity contribution < 1.29 is 9.53 Å². The van der Waals surface area contributed by atoms with Crippen LogP contribution < -0.4 is 10.1 Å². The Morgan fingerprint density at radius 2 is 1.74 bits per heavy atom. The van der Waals surface area contributed by atoms with E-state index in [1.54, 1.807) is 7.11 Å². The summed E-state index contributed by atoms with van der Waals surface area (Å²) in [5.74, 6) is 1.55. The molecule has 1 aliphatic carbocycles. The zero-order valence-electron chi connectivity index (χ0n) is 15.8. The van der Waals surface area contributed by atoms with Gasteiger partial charge >= 0.3 is 0 Å². The lowest BCUT2D eigenvalue weighted by molar-refractivity contribution is 0.0912. The van der Waals surface area contributed by atoms with Crippen LogP contribution in [0.3, 0.4) is 0 Å². The molecule has 2 aromatic carbocycles. The standard InChI is InChI=1S/C22H23N3O2/c1-22(2)13-18-20(19(26)14-22)21(23-15-7-5-4-6-8-15)24-25(18)16-9-11-17(27-3)12-10-16/h4-12H,13-14H2,1-3H3,(H,23,24). The van der Waals surface area contributed by atoms with Crippen molar-refractivity contribution in [1.82, 2.24) is 9.78 Å². The molecule has 5 nitrogen and oxygen atoms in total. The number of anilines is 2. The maximum Gasteiger partial charge on any atom is 0.169 e. The summed E-state index contributed by atoms with van der Waals surface area (Å²) in [6, 6.07) is 17.6. The van der Waals surface area contributed by atoms with Gasteiger partial charge in [0.2, 0.25) is 0 Å². The van der Waals surface area contributed by atoms with Crippen LogP contribution in [0.25, 0.3) is 5.69 Å². The SMILES string of the molecule is COc1ccc(-n2nc(Nc3ccccc3)c3c2CC(C)(C)CC3=O)cc1. The maximum atomic E-state index is 12.9. The number of rotatable bonds is 4. The molecule has 0 bridgehead atoms. The van der Waals surface area contributed by atoms with E-state index in [1.807, 2.05) is 59.3 Å². The minimum absolute atomic E-state index is 0.0850. The van der Waals surface area contributed by atoms with Crippen LogP contribution in [-0.4, -0.2) is 22.7 Å². The highest BCUT2D eigenvalue weighted by molar-refractivity contribution is 6.03. The number of carbonyl (C=O) groups is 1. The number of fused-ring (bicyclic) bond motifs is 1. The smallest absolute Gasteiger partial charge is 0.169 e. The first kappa shape index (κ1) is 17.3. The van der Waals surface area contributed by atoms with Crippen molar-refractivity contribution in [2.45, 2.75) is 26.7 Å². The van der Waals surface area contributed by atoms with Crippen LogP contribution in [0.15, 0.2) is 54.6 Å². The van der Waals surface area contributed by atoms with Gasteiger partial charge in [0.25, 0.3) is 0 Å². The van der Waals surface area contributed by atoms with E-state index < -0.39 is 0 Å². The Morgan fingerprint density at radius 1 is 1.04 bits per heavy atom. The van der Waals surface area contributed by atoms with E-state index in [0.717, 1.165) is 29.2 Å². The Hall–Kier alpha value is -3.08. The van der Waals surface area contributed by atoms with Crippen molar-refractivity contribution in [3.63, 3.8) is 0 Å². The third-order valence-corrected chi connectivity index (χ3v) is 4.90. The second-order valence-corrected chi connectivity index (χ2v) is 7.71. The van der Waals surface area contributed by atoms with E-state index in [2.05, 4.69) is 19.2 Å². The van der Waals surface area contributed by atoms with Gasteiger partial charge in [-0.1, -0.05) is 32.0 Å². The predicted molar refractivity (Wildman–Crippen MR) is 106 cm³/mol. The highest BCUT2D eigenvalue weighted by Crippen LogP contribution is 2.39. The van der Waals surface area contributed by atoms with Crippen LogP contribution in [0.4, 0.5) is 11.5 Å². The van der Waals surface area contributed by atoms with Crippen molar-refractivity contribution in [2.24, 2.45) is 5.41 Å². The van der Waals surface area contributed by atoms with Crippen molar-refractivity contribution in [3.05, 3.63) is 65.9 Å². The van der Waals surface area contributed by atoms with Crippen LogP contribution in [-0.2, 0) is 6.42 Å². The molecule has 0 amide bonds. The molecule has 0 saturated carbocycles. The molecule has 1 aromatic heterocycles. The third-order valence-electron chi connectivity index (χ3n) is 4.90. The van der Waals surface area contributed by atoms with E-state index in [-0.39, 0.29) is 11.2 Å². The summed E-state index contributed by atoms with van der Waals surface area (Å²) in [5, 5.41) is 8.10. The fraction of sp³-hybridized carbons (Fsp3) is 0.273. The molecule has 27 heavy (non-hydrogen) atoms. The highest BCUT2D eigenvalue weighted by Gasteiger charge is 2.36. The second-order valence-electron chi connectivity index (χ2n) is 7.71. The topological polar surface area (TPSA) is 56.1 Å². The molecule has 0 radical (unpaired) electrons. The molecule has 5 heteroatoms. The Labute approximate surface area is 159 Å². The van der Waals surface area contributed by atoms with Crippen LogP contribution in [0.5, 0.6) is 5.75 Å². The first-order valence-electron chi connectivity index (χ1n) is 9.08. The van der Waals surface area contributed by atoms with Gasteiger partial charge in [0, 0.05) is 12.1 Å². The number of methoxy groups -OCH3 is 1. The summed E-state index contributed by atoms with van der Waals surface area (Å²) in [6.45, 7) is 4.26. The van der Waals surface area contributed by atoms with Gasteiger partial charge in [-0.25, -0.2) is 4.68 Å². The van der Waals surface area contributed by atoms with Gasteiger partial charge in [-0.15, -0.1) is 5.10 Å². The summed E-state index contributed by atoms with van der Waals surface area (Å²) < 4.78 is 7.14. The van der Waals surface area contributed by atoms with Crippen LogP contribution in [0, 0.1) is 5.41 Å². The molecule has 0 atom stereocenters. The molecule has 138 valence electrons. The van der Waals surface area contributed by atoms with Crippen molar-refractivity contribution in [1.29, 1.82) is 0 Å². The van der Waals surface area contributed by atoms with E-state index >= 15 is 0 Å². The number of carbonyl (C=O) groups excluding carboxylic acids is 1. The van der Waals surface area contributed by atoms with Crippen LogP contribution in [0.2, 0.25) is 0 Å². The molecule has 3 aromatic rings.